The topological polar surface area (TPSA) is 75.8 Å². The highest BCUT2D eigenvalue weighted by Crippen LogP contribution is 2.20. The molecule has 6 nitrogen and oxygen atoms in total. The maximum absolute atomic E-state index is 12.4. The number of oxazole rings is 1. The molecule has 0 atom stereocenters. The number of nitrogens with one attached hydrogen (secondary N) is 2. The number of carbonyl (C=O) groups is 1. The van der Waals surface area contributed by atoms with Crippen LogP contribution in [-0.2, 0) is 7.05 Å². The number of fused-ring (bicyclic) bond motifs is 1. The molecule has 2 N–H and O–H groups in total. The number of nitrogens with zero attached hydrogens (tertiary/aromatic N) is 2. The van der Waals surface area contributed by atoms with Gasteiger partial charge in [0.1, 0.15) is 0 Å². The van der Waals surface area contributed by atoms with E-state index >= 15 is 0 Å². The second-order valence-corrected chi connectivity index (χ2v) is 5.22. The number of aromatic amines is 1. The molecule has 0 saturated heterocycles. The Morgan fingerprint density at radius 2 is 2.19 bits per heavy atom. The van der Waals surface area contributed by atoms with Gasteiger partial charge in [-0.15, -0.1) is 0 Å². The van der Waals surface area contributed by atoms with Gasteiger partial charge < -0.3 is 14.7 Å². The summed E-state index contributed by atoms with van der Waals surface area (Å²) in [6, 6.07) is 5.34. The average molecular weight is 302 g/mol. The first kappa shape index (κ1) is 13.6. The van der Waals surface area contributed by atoms with Crippen LogP contribution in [0.2, 0.25) is 0 Å². The van der Waals surface area contributed by atoms with E-state index in [1.54, 1.807) is 16.8 Å². The minimum atomic E-state index is -0.188. The van der Waals surface area contributed by atoms with Gasteiger partial charge in [0.2, 0.25) is 0 Å². The van der Waals surface area contributed by atoms with Gasteiger partial charge in [0.15, 0.2) is 5.58 Å². The fourth-order valence-electron chi connectivity index (χ4n) is 2.32. The maximum Gasteiger partial charge on any atom is 0.266 e. The number of aromatic nitrogens is 3. The summed E-state index contributed by atoms with van der Waals surface area (Å²) in [6.45, 7) is 3.68. The lowest BCUT2D eigenvalue weighted by molar-refractivity contribution is 0.102. The standard InChI is InChI=1S/C14H14N4O2S/c1-7-12(8(2)18(3)17-7)13(19)15-9-4-5-10-11(6-9)20-14(21)16-10/h4-6H,1-3H3,(H,15,19)(H,16,21). The summed E-state index contributed by atoms with van der Waals surface area (Å²) >= 11 is 4.94. The normalized spacial score (nSPS) is 11.0. The van der Waals surface area contributed by atoms with Gasteiger partial charge in [0.25, 0.3) is 10.7 Å². The molecule has 3 aromatic rings. The highest BCUT2D eigenvalue weighted by atomic mass is 32.1. The van der Waals surface area contributed by atoms with Gasteiger partial charge >= 0.3 is 0 Å². The zero-order valence-electron chi connectivity index (χ0n) is 11.9. The third-order valence-electron chi connectivity index (χ3n) is 3.41. The summed E-state index contributed by atoms with van der Waals surface area (Å²) < 4.78 is 7.03. The largest absolute Gasteiger partial charge is 0.429 e. The van der Waals surface area contributed by atoms with Crippen molar-refractivity contribution in [3.05, 3.63) is 40.0 Å². The Kier molecular flexibility index (Phi) is 3.13. The van der Waals surface area contributed by atoms with Crippen molar-refractivity contribution in [1.29, 1.82) is 0 Å². The minimum absolute atomic E-state index is 0.188. The van der Waals surface area contributed by atoms with E-state index in [0.29, 0.717) is 27.4 Å². The Morgan fingerprint density at radius 3 is 2.86 bits per heavy atom. The van der Waals surface area contributed by atoms with Gasteiger partial charge in [-0.1, -0.05) is 0 Å². The first-order chi connectivity index (χ1) is 9.95. The molecule has 2 heterocycles. The third-order valence-corrected chi connectivity index (χ3v) is 3.60. The molecule has 0 saturated carbocycles. The van der Waals surface area contributed by atoms with Gasteiger partial charge in [-0.05, 0) is 38.2 Å². The number of hydrogen-bond donors (Lipinski definition) is 2. The molecule has 0 spiro atoms. The van der Waals surface area contributed by atoms with Crippen LogP contribution in [0.3, 0.4) is 0 Å². The molecule has 0 aliphatic heterocycles. The Hall–Kier alpha value is -2.41. The molecule has 0 aliphatic rings. The summed E-state index contributed by atoms with van der Waals surface area (Å²) in [4.78, 5) is 15.6. The first-order valence-electron chi connectivity index (χ1n) is 6.40. The van der Waals surface area contributed by atoms with Crippen molar-refractivity contribution in [2.45, 2.75) is 13.8 Å². The molecule has 0 bridgehead atoms. The third kappa shape index (κ3) is 2.36. The van der Waals surface area contributed by atoms with E-state index in [9.17, 15) is 4.79 Å². The predicted molar refractivity (Wildman–Crippen MR) is 82.0 cm³/mol. The lowest BCUT2D eigenvalue weighted by Gasteiger charge is -2.05. The molecule has 2 aromatic heterocycles. The maximum atomic E-state index is 12.4. The van der Waals surface area contributed by atoms with Gasteiger partial charge in [-0.2, -0.15) is 5.10 Å². The number of hydrogen-bond acceptors (Lipinski definition) is 4. The number of carbonyl (C=O) groups excluding carboxylic acids is 1. The molecule has 3 rings (SSSR count). The van der Waals surface area contributed by atoms with Crippen LogP contribution >= 0.6 is 12.2 Å². The van der Waals surface area contributed by atoms with E-state index < -0.39 is 0 Å². The van der Waals surface area contributed by atoms with E-state index in [1.165, 1.54) is 0 Å². The lowest BCUT2D eigenvalue weighted by atomic mass is 10.2. The van der Waals surface area contributed by atoms with Crippen molar-refractivity contribution in [2.24, 2.45) is 7.05 Å². The summed E-state index contributed by atoms with van der Waals surface area (Å²) in [6.07, 6.45) is 0. The number of anilines is 1. The van der Waals surface area contributed by atoms with Crippen LogP contribution in [0.1, 0.15) is 21.7 Å². The molecule has 0 aliphatic carbocycles. The number of rotatable bonds is 2. The van der Waals surface area contributed by atoms with Crippen molar-refractivity contribution in [3.63, 3.8) is 0 Å². The molecular weight excluding hydrogens is 288 g/mol. The fourth-order valence-corrected chi connectivity index (χ4v) is 2.52. The molecule has 1 aromatic carbocycles. The SMILES string of the molecule is Cc1nn(C)c(C)c1C(=O)Nc1ccc2[nH]c(=S)oc2c1. The summed E-state index contributed by atoms with van der Waals surface area (Å²) in [7, 11) is 1.81. The van der Waals surface area contributed by atoms with Gasteiger partial charge in [0, 0.05) is 24.5 Å². The van der Waals surface area contributed by atoms with E-state index in [4.69, 9.17) is 16.6 Å². The molecule has 0 radical (unpaired) electrons. The van der Waals surface area contributed by atoms with E-state index in [-0.39, 0.29) is 5.91 Å². The summed E-state index contributed by atoms with van der Waals surface area (Å²) in [5.41, 5.74) is 4.17. The monoisotopic (exact) mass is 302 g/mol. The van der Waals surface area contributed by atoms with E-state index in [0.717, 1.165) is 11.2 Å². The van der Waals surface area contributed by atoms with Crippen molar-refractivity contribution in [2.75, 3.05) is 5.32 Å². The Balaban J connectivity index is 1.94. The van der Waals surface area contributed by atoms with Crippen LogP contribution < -0.4 is 5.32 Å². The van der Waals surface area contributed by atoms with Crippen LogP contribution in [0.25, 0.3) is 11.1 Å². The van der Waals surface area contributed by atoms with Crippen molar-refractivity contribution in [3.8, 4) is 0 Å². The molecule has 1 amide bonds. The quantitative estimate of drug-likeness (QED) is 0.713. The summed E-state index contributed by atoms with van der Waals surface area (Å²) in [5.74, 6) is -0.188. The number of amides is 1. The van der Waals surface area contributed by atoms with E-state index in [2.05, 4.69) is 15.4 Å². The van der Waals surface area contributed by atoms with Crippen molar-refractivity contribution >= 4 is 34.9 Å². The van der Waals surface area contributed by atoms with Gasteiger partial charge in [0.05, 0.1) is 16.8 Å². The number of benzene rings is 1. The Bertz CT molecular complexity index is 903. The Morgan fingerprint density at radius 1 is 1.43 bits per heavy atom. The van der Waals surface area contributed by atoms with Crippen molar-refractivity contribution < 1.29 is 9.21 Å². The average Bonchev–Trinajstić information content (AvgIpc) is 2.88. The highest BCUT2D eigenvalue weighted by Gasteiger charge is 2.17. The first-order valence-corrected chi connectivity index (χ1v) is 6.81. The van der Waals surface area contributed by atoms with Crippen LogP contribution in [0.4, 0.5) is 5.69 Å². The Labute approximate surface area is 125 Å². The molecule has 108 valence electrons. The van der Waals surface area contributed by atoms with Gasteiger partial charge in [-0.25, -0.2) is 0 Å². The zero-order valence-corrected chi connectivity index (χ0v) is 12.7. The van der Waals surface area contributed by atoms with Crippen LogP contribution in [0.15, 0.2) is 22.6 Å². The fraction of sp³-hybridized carbons (Fsp3) is 0.214. The van der Waals surface area contributed by atoms with Gasteiger partial charge in [-0.3, -0.25) is 9.48 Å². The predicted octanol–water partition coefficient (Wildman–Crippen LogP) is 3.09. The number of aryl methyl sites for hydroxylation is 2. The minimum Gasteiger partial charge on any atom is -0.429 e. The molecule has 21 heavy (non-hydrogen) atoms. The second-order valence-electron chi connectivity index (χ2n) is 4.85. The molecular formula is C14H14N4O2S. The van der Waals surface area contributed by atoms with Crippen LogP contribution in [-0.4, -0.2) is 20.7 Å². The van der Waals surface area contributed by atoms with Crippen LogP contribution in [0, 0.1) is 18.7 Å². The smallest absolute Gasteiger partial charge is 0.266 e. The second kappa shape index (κ2) is 4.85. The van der Waals surface area contributed by atoms with Crippen molar-refractivity contribution in [1.82, 2.24) is 14.8 Å². The van der Waals surface area contributed by atoms with Crippen LogP contribution in [0.5, 0.6) is 0 Å². The zero-order chi connectivity index (χ0) is 15.1. The molecule has 0 unspecified atom stereocenters. The summed E-state index contributed by atoms with van der Waals surface area (Å²) in [5, 5.41) is 7.10. The molecule has 7 heteroatoms. The highest BCUT2D eigenvalue weighted by molar-refractivity contribution is 7.71. The lowest BCUT2D eigenvalue weighted by Crippen LogP contribution is -2.14. The van der Waals surface area contributed by atoms with E-state index in [1.807, 2.05) is 27.0 Å². The number of H-pyrrole nitrogens is 1. The molecule has 0 fully saturated rings.